The molecule has 0 fully saturated rings. The average molecular weight is 117 g/mol. The molecule has 0 atom stereocenters. The molecule has 0 amide bonds. The lowest BCUT2D eigenvalue weighted by Crippen LogP contribution is -1.58. The Bertz CT molecular complexity index is 66.8. The van der Waals surface area contributed by atoms with Crippen molar-refractivity contribution in [3.63, 3.8) is 0 Å². The number of rotatable bonds is 0. The molecular weight excluding hydrogens is 114 g/mol. The standard InChI is InChI=1S/C3H3NS2/c1-2-6-4-3-5-1/h1-3H. The van der Waals surface area contributed by atoms with Gasteiger partial charge in [0.1, 0.15) is 0 Å². The topological polar surface area (TPSA) is 12.4 Å². The van der Waals surface area contributed by atoms with Gasteiger partial charge in [0.2, 0.25) is 0 Å². The molecule has 1 heterocycles. The minimum Gasteiger partial charge on any atom is -0.213 e. The van der Waals surface area contributed by atoms with Gasteiger partial charge in [-0.15, -0.1) is 0 Å². The van der Waals surface area contributed by atoms with E-state index in [1.165, 1.54) is 11.9 Å². The molecule has 0 N–H and O–H groups in total. The smallest absolute Gasteiger partial charge is 0.0726 e. The van der Waals surface area contributed by atoms with Crippen LogP contribution >= 0.6 is 23.7 Å². The molecule has 0 aromatic carbocycles. The van der Waals surface area contributed by atoms with E-state index in [0.29, 0.717) is 0 Å². The zero-order valence-electron chi connectivity index (χ0n) is 3.00. The van der Waals surface area contributed by atoms with Gasteiger partial charge in [-0.2, -0.15) is 0 Å². The highest BCUT2D eigenvalue weighted by atomic mass is 32.2. The molecular formula is C3H3NS2. The van der Waals surface area contributed by atoms with Crippen LogP contribution in [0.4, 0.5) is 0 Å². The third-order valence-electron chi connectivity index (χ3n) is 0.360. The molecule has 0 radical (unpaired) electrons. The van der Waals surface area contributed by atoms with Crippen molar-refractivity contribution in [2.75, 3.05) is 0 Å². The highest BCUT2D eigenvalue weighted by Gasteiger charge is 1.78. The van der Waals surface area contributed by atoms with Crippen molar-refractivity contribution in [1.82, 2.24) is 0 Å². The van der Waals surface area contributed by atoms with Crippen molar-refractivity contribution in [1.29, 1.82) is 0 Å². The van der Waals surface area contributed by atoms with Crippen LogP contribution in [0, 0.1) is 0 Å². The summed E-state index contributed by atoms with van der Waals surface area (Å²) in [5.41, 5.74) is 1.81. The van der Waals surface area contributed by atoms with E-state index in [0.717, 1.165) is 0 Å². The van der Waals surface area contributed by atoms with E-state index in [-0.39, 0.29) is 0 Å². The molecule has 0 unspecified atom stereocenters. The molecule has 0 bridgehead atoms. The second kappa shape index (κ2) is 2.31. The summed E-state index contributed by atoms with van der Waals surface area (Å²) in [6, 6.07) is 0. The Balaban J connectivity index is 2.40. The lowest BCUT2D eigenvalue weighted by Gasteiger charge is -1.85. The zero-order chi connectivity index (χ0) is 4.24. The van der Waals surface area contributed by atoms with Gasteiger partial charge in [0, 0.05) is 17.4 Å². The van der Waals surface area contributed by atoms with Crippen molar-refractivity contribution >= 4 is 29.3 Å². The second-order valence-electron chi connectivity index (χ2n) is 0.724. The van der Waals surface area contributed by atoms with Crippen molar-refractivity contribution < 1.29 is 0 Å². The average Bonchev–Trinajstić information content (AvgIpc) is 1.72. The van der Waals surface area contributed by atoms with Gasteiger partial charge in [-0.3, -0.25) is 0 Å². The normalized spacial score (nSPS) is 18.7. The number of nitrogens with zero attached hydrogens (tertiary/aromatic N) is 1. The first kappa shape index (κ1) is 4.27. The van der Waals surface area contributed by atoms with Crippen molar-refractivity contribution in [3.8, 4) is 0 Å². The van der Waals surface area contributed by atoms with Gasteiger partial charge in [0.15, 0.2) is 0 Å². The number of hydrogen-bond acceptors (Lipinski definition) is 3. The largest absolute Gasteiger partial charge is 0.213 e. The summed E-state index contributed by atoms with van der Waals surface area (Å²) in [4.78, 5) is 0. The molecule has 3 heteroatoms. The second-order valence-corrected chi connectivity index (χ2v) is 2.17. The van der Waals surface area contributed by atoms with Gasteiger partial charge in [0.25, 0.3) is 0 Å². The Hall–Kier alpha value is 0.110. The molecule has 0 aliphatic carbocycles. The maximum absolute atomic E-state index is 3.84. The van der Waals surface area contributed by atoms with Crippen molar-refractivity contribution in [3.05, 3.63) is 10.8 Å². The zero-order valence-corrected chi connectivity index (χ0v) is 4.63. The maximum atomic E-state index is 3.84. The summed E-state index contributed by atoms with van der Waals surface area (Å²) in [5.74, 6) is 0. The van der Waals surface area contributed by atoms with E-state index in [1.807, 2.05) is 16.4 Å². The minimum atomic E-state index is 1.46. The highest BCUT2D eigenvalue weighted by Crippen LogP contribution is 2.13. The van der Waals surface area contributed by atoms with Gasteiger partial charge in [-0.05, 0) is 5.41 Å². The van der Waals surface area contributed by atoms with Crippen molar-refractivity contribution in [2.45, 2.75) is 0 Å². The third kappa shape index (κ3) is 1.06. The first-order chi connectivity index (χ1) is 3.00. The molecule has 32 valence electrons. The quantitative estimate of drug-likeness (QED) is 0.449. The summed E-state index contributed by atoms with van der Waals surface area (Å²) in [7, 11) is 0. The predicted octanol–water partition coefficient (Wildman–Crippen LogP) is 1.88. The van der Waals surface area contributed by atoms with Crippen LogP contribution in [0.2, 0.25) is 0 Å². The van der Waals surface area contributed by atoms with E-state index in [2.05, 4.69) is 4.40 Å². The van der Waals surface area contributed by atoms with Gasteiger partial charge in [-0.25, -0.2) is 4.40 Å². The molecule has 0 saturated carbocycles. The van der Waals surface area contributed by atoms with E-state index in [4.69, 9.17) is 0 Å². The lowest BCUT2D eigenvalue weighted by molar-refractivity contribution is 2.02. The number of hydrogen-bond donors (Lipinski definition) is 0. The molecule has 0 aromatic heterocycles. The van der Waals surface area contributed by atoms with E-state index < -0.39 is 0 Å². The fourth-order valence-electron chi connectivity index (χ4n) is 0.177. The van der Waals surface area contributed by atoms with E-state index >= 15 is 0 Å². The molecule has 1 aliphatic heterocycles. The van der Waals surface area contributed by atoms with Gasteiger partial charge >= 0.3 is 0 Å². The first-order valence-electron chi connectivity index (χ1n) is 1.48. The SMILES string of the molecule is C1=CSN=CS1. The molecule has 1 rings (SSSR count). The Kier molecular flexibility index (Phi) is 1.65. The Morgan fingerprint density at radius 2 is 2.33 bits per heavy atom. The summed E-state index contributed by atoms with van der Waals surface area (Å²) in [6.07, 6.45) is 0. The van der Waals surface area contributed by atoms with Crippen LogP contribution in [-0.2, 0) is 0 Å². The molecule has 1 nitrogen and oxygen atoms in total. The fourth-order valence-corrected chi connectivity index (χ4v) is 1.17. The van der Waals surface area contributed by atoms with Crippen LogP contribution in [0.15, 0.2) is 15.2 Å². The van der Waals surface area contributed by atoms with Crippen LogP contribution in [0.25, 0.3) is 0 Å². The van der Waals surface area contributed by atoms with Crippen LogP contribution in [0.5, 0.6) is 0 Å². The van der Waals surface area contributed by atoms with Crippen LogP contribution in [0.1, 0.15) is 0 Å². The maximum Gasteiger partial charge on any atom is 0.0726 e. The van der Waals surface area contributed by atoms with Gasteiger partial charge in [0.05, 0.1) is 5.55 Å². The molecule has 0 spiro atoms. The number of thioether (sulfide) groups is 1. The molecule has 0 aromatic rings. The monoisotopic (exact) mass is 117 g/mol. The molecule has 6 heavy (non-hydrogen) atoms. The fraction of sp³-hybridized carbons (Fsp3) is 0. The Morgan fingerprint density at radius 1 is 1.33 bits per heavy atom. The third-order valence-corrected chi connectivity index (χ3v) is 1.67. The lowest BCUT2D eigenvalue weighted by atomic mass is 11.3. The van der Waals surface area contributed by atoms with E-state index in [9.17, 15) is 0 Å². The van der Waals surface area contributed by atoms with Crippen LogP contribution in [-0.4, -0.2) is 5.55 Å². The predicted molar refractivity (Wildman–Crippen MR) is 32.8 cm³/mol. The Morgan fingerprint density at radius 3 is 2.50 bits per heavy atom. The van der Waals surface area contributed by atoms with Gasteiger partial charge < -0.3 is 0 Å². The van der Waals surface area contributed by atoms with Gasteiger partial charge in [-0.1, -0.05) is 11.8 Å². The summed E-state index contributed by atoms with van der Waals surface area (Å²) in [5, 5.41) is 3.95. The molecule has 1 aliphatic rings. The first-order valence-corrected chi connectivity index (χ1v) is 3.26. The van der Waals surface area contributed by atoms with E-state index in [1.54, 1.807) is 11.8 Å². The molecule has 0 saturated heterocycles. The van der Waals surface area contributed by atoms with Crippen molar-refractivity contribution in [2.24, 2.45) is 4.40 Å². The highest BCUT2D eigenvalue weighted by molar-refractivity contribution is 8.17. The summed E-state index contributed by atoms with van der Waals surface area (Å²) in [6.45, 7) is 0. The Labute approximate surface area is 45.1 Å². The summed E-state index contributed by atoms with van der Waals surface area (Å²) < 4.78 is 3.84. The van der Waals surface area contributed by atoms with Crippen LogP contribution < -0.4 is 0 Å². The van der Waals surface area contributed by atoms with Crippen LogP contribution in [0.3, 0.4) is 0 Å². The summed E-state index contributed by atoms with van der Waals surface area (Å²) >= 11 is 3.06. The minimum absolute atomic E-state index is 1.46.